The second-order valence-corrected chi connectivity index (χ2v) is 18.2. The van der Waals surface area contributed by atoms with Gasteiger partial charge in [0.15, 0.2) is 6.10 Å². The van der Waals surface area contributed by atoms with Crippen LogP contribution < -0.4 is 4.89 Å². The van der Waals surface area contributed by atoms with Gasteiger partial charge in [-0.3, -0.25) is 14.2 Å². The van der Waals surface area contributed by atoms with E-state index in [0.717, 1.165) is 57.8 Å². The van der Waals surface area contributed by atoms with Crippen LogP contribution in [0.2, 0.25) is 0 Å². The molecule has 9 nitrogen and oxygen atoms in total. The van der Waals surface area contributed by atoms with E-state index in [2.05, 4.69) is 68.5 Å². The van der Waals surface area contributed by atoms with Gasteiger partial charge in [-0.05, 0) is 51.4 Å². The second-order valence-electron chi connectivity index (χ2n) is 16.7. The Hall–Kier alpha value is -2.29. The van der Waals surface area contributed by atoms with Gasteiger partial charge in [-0.2, -0.15) is 0 Å². The lowest BCUT2D eigenvalue weighted by Gasteiger charge is -2.28. The molecule has 0 aromatic rings. The van der Waals surface area contributed by atoms with Crippen LogP contribution >= 0.6 is 7.82 Å². The van der Waals surface area contributed by atoms with Crippen LogP contribution in [0.4, 0.5) is 0 Å². The standard InChI is InChI=1S/C49H88NO8P/c1-6-8-10-12-14-16-18-20-22-24-26-28-30-32-34-36-38-40-42-49(52)58-47(46-57-59(53,54)56-44-43-50(3,4)5)45-55-48(51)41-39-37-35-33-31-29-27-25-23-21-19-17-15-13-11-9-7-2/h9,11,15,17,21,23,27,29,33,35,47H,6-8,10,12-14,16,18-20,22,24-26,28,30-32,34,36-46H2,1-5H3/b11-9-,17-15-,23-21-,29-27-,35-33-/t47-/m1/s1. The number of allylic oxidation sites excluding steroid dienone is 10. The normalized spacial score (nSPS) is 14.1. The fourth-order valence-corrected chi connectivity index (χ4v) is 6.89. The average Bonchev–Trinajstić information content (AvgIpc) is 3.19. The number of unbranched alkanes of at least 4 members (excludes halogenated alkanes) is 18. The number of quaternary nitrogens is 1. The molecule has 0 rings (SSSR count). The highest BCUT2D eigenvalue weighted by Gasteiger charge is 2.21. The van der Waals surface area contributed by atoms with Crippen LogP contribution in [0.15, 0.2) is 60.8 Å². The van der Waals surface area contributed by atoms with Gasteiger partial charge < -0.3 is 27.9 Å². The molecule has 1 unspecified atom stereocenters. The molecule has 10 heteroatoms. The molecule has 0 aliphatic heterocycles. The minimum Gasteiger partial charge on any atom is -0.756 e. The lowest BCUT2D eigenvalue weighted by molar-refractivity contribution is -0.870. The SMILES string of the molecule is CC/C=C\C/C=C\C/C=C\C/C=C\C/C=C\CCCC(=O)OC[C@H](COP(=O)([O-])OCC[N+](C)(C)C)OC(=O)CCCCCCCCCCCCCCCCCCCC. The van der Waals surface area contributed by atoms with Gasteiger partial charge in [-0.1, -0.05) is 184 Å². The third-order valence-corrected chi connectivity index (χ3v) is 10.8. The lowest BCUT2D eigenvalue weighted by Crippen LogP contribution is -2.37. The molecule has 0 aromatic carbocycles. The van der Waals surface area contributed by atoms with E-state index in [1.807, 2.05) is 27.2 Å². The number of esters is 2. The number of carbonyl (C=O) groups is 2. The summed E-state index contributed by atoms with van der Waals surface area (Å²) >= 11 is 0. The van der Waals surface area contributed by atoms with Gasteiger partial charge in [0.1, 0.15) is 19.8 Å². The van der Waals surface area contributed by atoms with Crippen LogP contribution in [-0.4, -0.2) is 70.0 Å². The number of nitrogens with zero attached hydrogens (tertiary/aromatic N) is 1. The van der Waals surface area contributed by atoms with Crippen molar-refractivity contribution in [3.05, 3.63) is 60.8 Å². The molecule has 0 heterocycles. The van der Waals surface area contributed by atoms with Crippen LogP contribution in [0.3, 0.4) is 0 Å². The number of likely N-dealkylation sites (N-methyl/N-ethyl adjacent to an activating group) is 1. The number of ether oxygens (including phenoxy) is 2. The first-order valence-electron chi connectivity index (χ1n) is 23.5. The van der Waals surface area contributed by atoms with E-state index >= 15 is 0 Å². The maximum atomic E-state index is 12.7. The zero-order chi connectivity index (χ0) is 43.6. The van der Waals surface area contributed by atoms with Gasteiger partial charge in [0, 0.05) is 12.8 Å². The van der Waals surface area contributed by atoms with Gasteiger partial charge in [0.05, 0.1) is 27.7 Å². The molecule has 0 amide bonds. The summed E-state index contributed by atoms with van der Waals surface area (Å²) in [7, 11) is 1.13. The fourth-order valence-electron chi connectivity index (χ4n) is 6.16. The highest BCUT2D eigenvalue weighted by Crippen LogP contribution is 2.38. The smallest absolute Gasteiger partial charge is 0.306 e. The summed E-state index contributed by atoms with van der Waals surface area (Å²) in [5.74, 6) is -0.900. The molecular formula is C49H88NO8P. The summed E-state index contributed by atoms with van der Waals surface area (Å²) in [6, 6.07) is 0. The largest absolute Gasteiger partial charge is 0.756 e. The average molecular weight is 850 g/mol. The van der Waals surface area contributed by atoms with Crippen LogP contribution in [0.5, 0.6) is 0 Å². The molecule has 0 spiro atoms. The minimum atomic E-state index is -4.64. The molecule has 0 saturated heterocycles. The highest BCUT2D eigenvalue weighted by atomic mass is 31.2. The molecule has 59 heavy (non-hydrogen) atoms. The maximum absolute atomic E-state index is 12.7. The van der Waals surface area contributed by atoms with E-state index in [-0.39, 0.29) is 26.1 Å². The molecule has 0 fully saturated rings. The number of hydrogen-bond donors (Lipinski definition) is 0. The quantitative estimate of drug-likeness (QED) is 0.0196. The van der Waals surface area contributed by atoms with Crippen LogP contribution in [0.1, 0.15) is 187 Å². The molecule has 342 valence electrons. The summed E-state index contributed by atoms with van der Waals surface area (Å²) in [6.07, 6.45) is 49.7. The first-order valence-corrected chi connectivity index (χ1v) is 25.0. The first-order chi connectivity index (χ1) is 28.5. The number of rotatable bonds is 42. The topological polar surface area (TPSA) is 111 Å². The van der Waals surface area contributed by atoms with Crippen molar-refractivity contribution < 1.29 is 42.1 Å². The van der Waals surface area contributed by atoms with Crippen molar-refractivity contribution in [2.24, 2.45) is 0 Å². The Morgan fingerprint density at radius 2 is 0.966 bits per heavy atom. The van der Waals surface area contributed by atoms with Crippen molar-refractivity contribution in [2.75, 3.05) is 47.5 Å². The molecule has 0 aromatic heterocycles. The zero-order valence-electron chi connectivity index (χ0n) is 38.4. The molecule has 0 N–H and O–H groups in total. The Labute approximate surface area is 362 Å². The number of hydrogen-bond acceptors (Lipinski definition) is 8. The van der Waals surface area contributed by atoms with Gasteiger partial charge >= 0.3 is 11.9 Å². The Balaban J connectivity index is 4.39. The Bertz CT molecular complexity index is 1190. The van der Waals surface area contributed by atoms with Crippen molar-refractivity contribution in [2.45, 2.75) is 193 Å². The predicted octanol–water partition coefficient (Wildman–Crippen LogP) is 13.0. The molecule has 2 atom stereocenters. The van der Waals surface area contributed by atoms with Crippen molar-refractivity contribution >= 4 is 19.8 Å². The van der Waals surface area contributed by atoms with Gasteiger partial charge in [-0.25, -0.2) is 0 Å². The number of carbonyl (C=O) groups excluding carboxylic acids is 2. The predicted molar refractivity (Wildman–Crippen MR) is 245 cm³/mol. The van der Waals surface area contributed by atoms with Crippen molar-refractivity contribution in [3.8, 4) is 0 Å². The molecule has 0 bridgehead atoms. The third-order valence-electron chi connectivity index (χ3n) is 9.80. The molecule has 0 saturated carbocycles. The Morgan fingerprint density at radius 1 is 0.542 bits per heavy atom. The van der Waals surface area contributed by atoms with Gasteiger partial charge in [-0.15, -0.1) is 0 Å². The van der Waals surface area contributed by atoms with Gasteiger partial charge in [0.2, 0.25) is 0 Å². The minimum absolute atomic E-state index is 0.0407. The monoisotopic (exact) mass is 850 g/mol. The van der Waals surface area contributed by atoms with Crippen molar-refractivity contribution in [3.63, 3.8) is 0 Å². The van der Waals surface area contributed by atoms with Crippen LogP contribution in [0, 0.1) is 0 Å². The second kappa shape index (κ2) is 41.1. The Morgan fingerprint density at radius 3 is 1.42 bits per heavy atom. The van der Waals surface area contributed by atoms with E-state index in [9.17, 15) is 19.0 Å². The summed E-state index contributed by atoms with van der Waals surface area (Å²) in [4.78, 5) is 37.6. The maximum Gasteiger partial charge on any atom is 0.306 e. The van der Waals surface area contributed by atoms with E-state index in [1.165, 1.54) is 89.9 Å². The van der Waals surface area contributed by atoms with E-state index in [1.54, 1.807) is 0 Å². The molecule has 0 aliphatic carbocycles. The fraction of sp³-hybridized carbons (Fsp3) is 0.755. The highest BCUT2D eigenvalue weighted by molar-refractivity contribution is 7.45. The van der Waals surface area contributed by atoms with Crippen LogP contribution in [-0.2, 0) is 32.7 Å². The number of phosphoric ester groups is 1. The number of phosphoric acid groups is 1. The lowest BCUT2D eigenvalue weighted by atomic mass is 10.0. The van der Waals surface area contributed by atoms with Crippen molar-refractivity contribution in [1.29, 1.82) is 0 Å². The third kappa shape index (κ3) is 45.1. The molecular weight excluding hydrogens is 762 g/mol. The summed E-state index contributed by atoms with van der Waals surface area (Å²) in [6.45, 7) is 4.06. The molecule has 0 radical (unpaired) electrons. The molecule has 0 aliphatic rings. The van der Waals surface area contributed by atoms with E-state index in [4.69, 9.17) is 18.5 Å². The summed E-state index contributed by atoms with van der Waals surface area (Å²) < 4.78 is 33.9. The van der Waals surface area contributed by atoms with E-state index < -0.39 is 32.5 Å². The van der Waals surface area contributed by atoms with Crippen LogP contribution in [0.25, 0.3) is 0 Å². The van der Waals surface area contributed by atoms with E-state index in [0.29, 0.717) is 23.9 Å². The summed E-state index contributed by atoms with van der Waals surface area (Å²) in [5.41, 5.74) is 0. The Kier molecular flexibility index (Phi) is 39.5. The zero-order valence-corrected chi connectivity index (χ0v) is 39.3. The summed E-state index contributed by atoms with van der Waals surface area (Å²) in [5, 5.41) is 0. The van der Waals surface area contributed by atoms with Crippen molar-refractivity contribution in [1.82, 2.24) is 0 Å². The van der Waals surface area contributed by atoms with Gasteiger partial charge in [0.25, 0.3) is 7.82 Å². The first kappa shape index (κ1) is 56.7.